The lowest BCUT2D eigenvalue weighted by atomic mass is 9.89. The van der Waals surface area contributed by atoms with E-state index in [2.05, 4.69) is 36.1 Å². The van der Waals surface area contributed by atoms with Gasteiger partial charge in [0.25, 0.3) is 0 Å². The van der Waals surface area contributed by atoms with E-state index in [1.54, 1.807) is 0 Å². The normalized spacial score (nSPS) is 24.9. The highest BCUT2D eigenvalue weighted by atomic mass is 16.5. The molecule has 0 bridgehead atoms. The summed E-state index contributed by atoms with van der Waals surface area (Å²) in [5, 5.41) is 3.52. The highest BCUT2D eigenvalue weighted by Crippen LogP contribution is 2.27. The minimum atomic E-state index is 0.127. The third kappa shape index (κ3) is 5.83. The van der Waals surface area contributed by atoms with Gasteiger partial charge >= 0.3 is 0 Å². The molecule has 0 aromatic rings. The van der Waals surface area contributed by atoms with Crippen molar-refractivity contribution in [2.45, 2.75) is 69.9 Å². The summed E-state index contributed by atoms with van der Waals surface area (Å²) in [6.45, 7) is 8.65. The summed E-state index contributed by atoms with van der Waals surface area (Å²) in [4.78, 5) is 9.87. The number of rotatable bonds is 7. The Balaban J connectivity index is 1.51. The summed E-state index contributed by atoms with van der Waals surface area (Å²) >= 11 is 0. The lowest BCUT2D eigenvalue weighted by Crippen LogP contribution is -2.52. The van der Waals surface area contributed by atoms with Gasteiger partial charge in [-0.15, -0.1) is 0 Å². The molecule has 1 saturated carbocycles. The fourth-order valence-corrected chi connectivity index (χ4v) is 4.83. The Morgan fingerprint density at radius 3 is 2.43 bits per heavy atom. The number of likely N-dealkylation sites (tertiary alicyclic amines) is 1. The summed E-state index contributed by atoms with van der Waals surface area (Å²) < 4.78 is 11.9. The fraction of sp³-hybridized carbons (Fsp3) is 0.955. The van der Waals surface area contributed by atoms with E-state index in [0.717, 1.165) is 83.6 Å². The molecule has 3 fully saturated rings. The Bertz CT molecular complexity index is 477. The molecule has 3 rings (SSSR count). The van der Waals surface area contributed by atoms with Gasteiger partial charge in [0.05, 0.1) is 12.6 Å². The molecule has 28 heavy (non-hydrogen) atoms. The zero-order chi connectivity index (χ0) is 19.8. The maximum atomic E-state index is 6.25. The monoisotopic (exact) mass is 394 g/mol. The van der Waals surface area contributed by atoms with E-state index in [-0.39, 0.29) is 5.54 Å². The first kappa shape index (κ1) is 21.8. The number of aliphatic imine (C=N–C) groups is 1. The number of guanidine groups is 1. The molecule has 1 aliphatic carbocycles. The Hall–Kier alpha value is -0.850. The van der Waals surface area contributed by atoms with Gasteiger partial charge in [-0.2, -0.15) is 0 Å². The molecule has 2 aliphatic heterocycles. The molecule has 0 aromatic carbocycles. The third-order valence-corrected chi connectivity index (χ3v) is 7.01. The van der Waals surface area contributed by atoms with Crippen LogP contribution in [0, 0.1) is 5.92 Å². The van der Waals surface area contributed by atoms with Crippen molar-refractivity contribution in [3.05, 3.63) is 0 Å². The molecule has 1 N–H and O–H groups in total. The summed E-state index contributed by atoms with van der Waals surface area (Å²) in [7, 11) is 4.36. The molecular formula is C22H42N4O2. The van der Waals surface area contributed by atoms with Gasteiger partial charge in [0, 0.05) is 45.0 Å². The van der Waals surface area contributed by atoms with Gasteiger partial charge in [-0.05, 0) is 65.5 Å². The number of likely N-dealkylation sites (N-methyl/N-ethyl adjacent to an activating group) is 1. The zero-order valence-electron chi connectivity index (χ0n) is 18.4. The van der Waals surface area contributed by atoms with Gasteiger partial charge in [0.2, 0.25) is 0 Å². The van der Waals surface area contributed by atoms with Crippen LogP contribution < -0.4 is 5.32 Å². The van der Waals surface area contributed by atoms with Crippen molar-refractivity contribution in [3.63, 3.8) is 0 Å². The summed E-state index contributed by atoms with van der Waals surface area (Å²) in [6.07, 6.45) is 10.3. The van der Waals surface area contributed by atoms with Crippen LogP contribution in [0.2, 0.25) is 0 Å². The Labute approximate surface area is 172 Å². The molecule has 6 nitrogen and oxygen atoms in total. The molecule has 0 unspecified atom stereocenters. The van der Waals surface area contributed by atoms with E-state index in [1.807, 2.05) is 0 Å². The molecule has 2 saturated heterocycles. The smallest absolute Gasteiger partial charge is 0.193 e. The predicted molar refractivity (Wildman–Crippen MR) is 115 cm³/mol. The minimum absolute atomic E-state index is 0.127. The topological polar surface area (TPSA) is 49.3 Å². The van der Waals surface area contributed by atoms with Gasteiger partial charge in [-0.1, -0.05) is 12.8 Å². The third-order valence-electron chi connectivity index (χ3n) is 7.01. The van der Waals surface area contributed by atoms with Crippen LogP contribution in [0.15, 0.2) is 4.99 Å². The van der Waals surface area contributed by atoms with E-state index >= 15 is 0 Å². The van der Waals surface area contributed by atoms with Crippen LogP contribution in [-0.4, -0.2) is 87.5 Å². The standard InChI is InChI=1S/C22H42N4O2/c1-4-23-21(24-18-22(25(2)3)11-15-27-16-12-22)26-13-9-20(10-14-26)28-17-19-7-5-6-8-19/h19-20H,4-18H2,1-3H3,(H,23,24). The number of piperidine rings is 1. The Morgan fingerprint density at radius 1 is 1.14 bits per heavy atom. The molecule has 6 heteroatoms. The summed E-state index contributed by atoms with van der Waals surface area (Å²) in [6, 6.07) is 0. The predicted octanol–water partition coefficient (Wildman–Crippen LogP) is 2.73. The lowest BCUT2D eigenvalue weighted by molar-refractivity contribution is -0.00372. The number of nitrogens with zero attached hydrogens (tertiary/aromatic N) is 3. The lowest BCUT2D eigenvalue weighted by Gasteiger charge is -2.42. The van der Waals surface area contributed by atoms with Crippen molar-refractivity contribution in [2.24, 2.45) is 10.9 Å². The molecule has 0 radical (unpaired) electrons. The second-order valence-electron chi connectivity index (χ2n) is 9.07. The van der Waals surface area contributed by atoms with Crippen molar-refractivity contribution in [1.82, 2.24) is 15.1 Å². The molecule has 0 spiro atoms. The highest BCUT2D eigenvalue weighted by Gasteiger charge is 2.35. The van der Waals surface area contributed by atoms with Crippen molar-refractivity contribution in [1.29, 1.82) is 0 Å². The molecule has 162 valence electrons. The van der Waals surface area contributed by atoms with Crippen molar-refractivity contribution >= 4 is 5.96 Å². The van der Waals surface area contributed by atoms with Gasteiger partial charge in [0.15, 0.2) is 5.96 Å². The average molecular weight is 395 g/mol. The van der Waals surface area contributed by atoms with Gasteiger partial charge < -0.3 is 24.6 Å². The molecule has 0 atom stereocenters. The average Bonchev–Trinajstić information content (AvgIpc) is 3.24. The van der Waals surface area contributed by atoms with E-state index in [1.165, 1.54) is 25.7 Å². The van der Waals surface area contributed by atoms with E-state index in [4.69, 9.17) is 14.5 Å². The maximum Gasteiger partial charge on any atom is 0.193 e. The van der Waals surface area contributed by atoms with Gasteiger partial charge in [0.1, 0.15) is 0 Å². The van der Waals surface area contributed by atoms with E-state index < -0.39 is 0 Å². The molecule has 0 amide bonds. The Kier molecular flexibility index (Phi) is 8.42. The fourth-order valence-electron chi connectivity index (χ4n) is 4.83. The maximum absolute atomic E-state index is 6.25. The Morgan fingerprint density at radius 2 is 1.82 bits per heavy atom. The van der Waals surface area contributed by atoms with E-state index in [0.29, 0.717) is 6.10 Å². The first-order valence-corrected chi connectivity index (χ1v) is 11.5. The number of hydrogen-bond acceptors (Lipinski definition) is 4. The summed E-state index contributed by atoms with van der Waals surface area (Å²) in [5.41, 5.74) is 0.127. The van der Waals surface area contributed by atoms with Crippen LogP contribution in [0.5, 0.6) is 0 Å². The van der Waals surface area contributed by atoms with E-state index in [9.17, 15) is 0 Å². The summed E-state index contributed by atoms with van der Waals surface area (Å²) in [5.74, 6) is 1.89. The largest absolute Gasteiger partial charge is 0.381 e. The molecular weight excluding hydrogens is 352 g/mol. The zero-order valence-corrected chi connectivity index (χ0v) is 18.4. The van der Waals surface area contributed by atoms with Crippen LogP contribution in [-0.2, 0) is 9.47 Å². The second kappa shape index (κ2) is 10.8. The molecule has 3 aliphatic rings. The minimum Gasteiger partial charge on any atom is -0.381 e. The first-order valence-electron chi connectivity index (χ1n) is 11.5. The van der Waals surface area contributed by atoms with Gasteiger partial charge in [-0.25, -0.2) is 0 Å². The number of hydrogen-bond donors (Lipinski definition) is 1. The first-order chi connectivity index (χ1) is 13.6. The highest BCUT2D eigenvalue weighted by molar-refractivity contribution is 5.80. The van der Waals surface area contributed by atoms with Crippen LogP contribution in [0.25, 0.3) is 0 Å². The van der Waals surface area contributed by atoms with Crippen LogP contribution in [0.4, 0.5) is 0 Å². The number of nitrogens with one attached hydrogen (secondary N) is 1. The molecule has 0 aromatic heterocycles. The van der Waals surface area contributed by atoms with Crippen molar-refractivity contribution in [2.75, 3.05) is 60.1 Å². The quantitative estimate of drug-likeness (QED) is 0.531. The number of ether oxygens (including phenoxy) is 2. The van der Waals surface area contributed by atoms with Gasteiger partial charge in [-0.3, -0.25) is 4.99 Å². The molecule has 2 heterocycles. The van der Waals surface area contributed by atoms with Crippen LogP contribution in [0.3, 0.4) is 0 Å². The van der Waals surface area contributed by atoms with Crippen molar-refractivity contribution < 1.29 is 9.47 Å². The second-order valence-corrected chi connectivity index (χ2v) is 9.07. The SMILES string of the molecule is CCNC(=NCC1(N(C)C)CCOCC1)N1CCC(OCC2CCCC2)CC1. The van der Waals surface area contributed by atoms with Crippen LogP contribution in [0.1, 0.15) is 58.3 Å². The van der Waals surface area contributed by atoms with Crippen molar-refractivity contribution in [3.8, 4) is 0 Å². The van der Waals surface area contributed by atoms with Crippen LogP contribution >= 0.6 is 0 Å².